The lowest BCUT2D eigenvalue weighted by molar-refractivity contribution is -0.111. The van der Waals surface area contributed by atoms with Crippen molar-refractivity contribution >= 4 is 40.7 Å². The Morgan fingerprint density at radius 2 is 1.61 bits per heavy atom. The second kappa shape index (κ2) is 5.52. The summed E-state index contributed by atoms with van der Waals surface area (Å²) < 4.78 is 0. The number of amides is 3. The number of halogens is 1. The van der Waals surface area contributed by atoms with Crippen LogP contribution in [0.2, 0.25) is 5.02 Å². The fraction of sp³-hybridized carbons (Fsp3) is 0.118. The largest absolute Gasteiger partial charge is 0.342 e. The molecule has 2 aromatic carbocycles. The molecule has 0 unspecified atom stereocenters. The molecule has 23 heavy (non-hydrogen) atoms. The van der Waals surface area contributed by atoms with Crippen molar-refractivity contribution in [2.45, 2.75) is 13.8 Å². The van der Waals surface area contributed by atoms with E-state index in [0.29, 0.717) is 22.0 Å². The first kappa shape index (κ1) is 15.2. The quantitative estimate of drug-likeness (QED) is 0.850. The van der Waals surface area contributed by atoms with Crippen LogP contribution in [0, 0.1) is 19.3 Å². The number of urea groups is 1. The van der Waals surface area contributed by atoms with Gasteiger partial charge in [0.05, 0.1) is 11.4 Å². The maximum absolute atomic E-state index is 12.7. The Bertz CT molecular complexity index is 830. The third-order valence-electron chi connectivity index (χ3n) is 3.78. The summed E-state index contributed by atoms with van der Waals surface area (Å²) >= 11 is 6.09. The summed E-state index contributed by atoms with van der Waals surface area (Å²) in [4.78, 5) is 27.2. The Morgan fingerprint density at radius 3 is 2.26 bits per heavy atom. The summed E-state index contributed by atoms with van der Waals surface area (Å²) in [6.07, 6.45) is 0. The Balaban J connectivity index is 2.06. The van der Waals surface area contributed by atoms with Crippen molar-refractivity contribution in [3.63, 3.8) is 0 Å². The average molecular weight is 328 g/mol. The molecule has 116 valence electrons. The van der Waals surface area contributed by atoms with Crippen molar-refractivity contribution < 1.29 is 9.59 Å². The normalized spacial score (nSPS) is 14.8. The number of nitrogens with one attached hydrogen (secondary N) is 1. The van der Waals surface area contributed by atoms with Gasteiger partial charge in [-0.1, -0.05) is 35.4 Å². The van der Waals surface area contributed by atoms with Crippen LogP contribution in [0.1, 0.15) is 11.1 Å². The van der Waals surface area contributed by atoms with Gasteiger partial charge in [-0.25, -0.2) is 14.6 Å². The molecule has 0 radical (unpaired) electrons. The molecule has 0 spiro atoms. The lowest BCUT2D eigenvalue weighted by Crippen LogP contribution is -2.33. The van der Waals surface area contributed by atoms with Crippen LogP contribution in [0.4, 0.5) is 16.2 Å². The smallest absolute Gasteiger partial charge is 0.279 e. The van der Waals surface area contributed by atoms with Crippen LogP contribution in [0.25, 0.3) is 0 Å². The van der Waals surface area contributed by atoms with Gasteiger partial charge in [-0.15, -0.1) is 0 Å². The third-order valence-corrected chi connectivity index (χ3v) is 4.19. The number of carbonyl (C=O) groups excluding carboxylic acids is 2. The maximum atomic E-state index is 12.7. The molecule has 0 bridgehead atoms. The van der Waals surface area contributed by atoms with Gasteiger partial charge in [-0.3, -0.25) is 10.2 Å². The molecule has 1 heterocycles. The standard InChI is InChI=1S/C17H14ClN3O2/c1-10-6-8-12(9-7-10)20-16(22)15(19)21(17(20)23)14-5-3-4-13(18)11(14)2/h3-9,19H,1-2H3. The van der Waals surface area contributed by atoms with E-state index in [0.717, 1.165) is 15.4 Å². The number of carbonyl (C=O) groups is 2. The molecule has 3 amide bonds. The monoisotopic (exact) mass is 327 g/mol. The minimum absolute atomic E-state index is 0.388. The Kier molecular flexibility index (Phi) is 3.66. The molecule has 0 atom stereocenters. The van der Waals surface area contributed by atoms with Gasteiger partial charge in [0.1, 0.15) is 0 Å². The van der Waals surface area contributed by atoms with E-state index in [4.69, 9.17) is 17.0 Å². The van der Waals surface area contributed by atoms with E-state index in [1.807, 2.05) is 19.1 Å². The molecule has 1 aliphatic rings. The Morgan fingerprint density at radius 1 is 0.957 bits per heavy atom. The van der Waals surface area contributed by atoms with Crippen LogP contribution in [0.5, 0.6) is 0 Å². The molecule has 5 nitrogen and oxygen atoms in total. The van der Waals surface area contributed by atoms with Crippen LogP contribution >= 0.6 is 11.6 Å². The summed E-state index contributed by atoms with van der Waals surface area (Å²) in [5.74, 6) is -1.04. The lowest BCUT2D eigenvalue weighted by atomic mass is 10.2. The number of imide groups is 1. The molecule has 0 aliphatic carbocycles. The van der Waals surface area contributed by atoms with E-state index >= 15 is 0 Å². The molecule has 6 heteroatoms. The highest BCUT2D eigenvalue weighted by Gasteiger charge is 2.44. The summed E-state index contributed by atoms with van der Waals surface area (Å²) in [5, 5.41) is 8.52. The van der Waals surface area contributed by atoms with Gasteiger partial charge in [0.15, 0.2) is 0 Å². The van der Waals surface area contributed by atoms with E-state index in [1.54, 1.807) is 37.3 Å². The van der Waals surface area contributed by atoms with Crippen molar-refractivity contribution in [2.75, 3.05) is 9.80 Å². The third kappa shape index (κ3) is 2.39. The average Bonchev–Trinajstić information content (AvgIpc) is 2.74. The summed E-state index contributed by atoms with van der Waals surface area (Å²) in [5.41, 5.74) is 2.55. The van der Waals surface area contributed by atoms with Crippen molar-refractivity contribution in [1.29, 1.82) is 5.41 Å². The molecule has 1 saturated heterocycles. The summed E-state index contributed by atoms with van der Waals surface area (Å²) in [6.45, 7) is 3.66. The molecular formula is C17H14ClN3O2. The lowest BCUT2D eigenvalue weighted by Gasteiger charge is -2.18. The fourth-order valence-electron chi connectivity index (χ4n) is 2.47. The number of hydrogen-bond donors (Lipinski definition) is 1. The van der Waals surface area contributed by atoms with E-state index in [1.165, 1.54) is 0 Å². The van der Waals surface area contributed by atoms with E-state index < -0.39 is 11.9 Å². The number of benzene rings is 2. The second-order valence-electron chi connectivity index (χ2n) is 5.33. The zero-order valence-corrected chi connectivity index (χ0v) is 13.4. The summed E-state index contributed by atoms with van der Waals surface area (Å²) in [6, 6.07) is 11.5. The highest BCUT2D eigenvalue weighted by atomic mass is 35.5. The molecule has 0 aromatic heterocycles. The minimum Gasteiger partial charge on any atom is -0.279 e. The number of amidine groups is 1. The topological polar surface area (TPSA) is 64.5 Å². The first-order valence-corrected chi connectivity index (χ1v) is 7.38. The van der Waals surface area contributed by atoms with Gasteiger partial charge < -0.3 is 0 Å². The van der Waals surface area contributed by atoms with Gasteiger partial charge in [-0.05, 0) is 43.7 Å². The zero-order chi connectivity index (χ0) is 16.7. The highest BCUT2D eigenvalue weighted by molar-refractivity contribution is 6.61. The molecular weight excluding hydrogens is 314 g/mol. The van der Waals surface area contributed by atoms with Crippen molar-refractivity contribution in [3.8, 4) is 0 Å². The number of hydrogen-bond acceptors (Lipinski definition) is 3. The van der Waals surface area contributed by atoms with Gasteiger partial charge in [0, 0.05) is 5.02 Å². The molecule has 1 fully saturated rings. The fourth-order valence-corrected chi connectivity index (χ4v) is 2.64. The molecule has 2 aromatic rings. The summed E-state index contributed by atoms with van der Waals surface area (Å²) in [7, 11) is 0. The van der Waals surface area contributed by atoms with E-state index in [2.05, 4.69) is 0 Å². The van der Waals surface area contributed by atoms with E-state index in [-0.39, 0.29) is 5.84 Å². The minimum atomic E-state index is -0.654. The van der Waals surface area contributed by atoms with Gasteiger partial charge in [-0.2, -0.15) is 0 Å². The molecule has 1 aliphatic heterocycles. The van der Waals surface area contributed by atoms with Gasteiger partial charge in [0.2, 0.25) is 5.84 Å². The number of aryl methyl sites for hydroxylation is 1. The zero-order valence-electron chi connectivity index (χ0n) is 12.6. The predicted molar refractivity (Wildman–Crippen MR) is 90.5 cm³/mol. The Hall–Kier alpha value is -2.66. The van der Waals surface area contributed by atoms with Crippen LogP contribution in [0.3, 0.4) is 0 Å². The van der Waals surface area contributed by atoms with Crippen molar-refractivity contribution in [1.82, 2.24) is 0 Å². The first-order valence-electron chi connectivity index (χ1n) is 7.00. The van der Waals surface area contributed by atoms with Crippen molar-refractivity contribution in [2.24, 2.45) is 0 Å². The SMILES string of the molecule is Cc1ccc(N2C(=O)C(=N)N(c3cccc(Cl)c3C)C2=O)cc1. The second-order valence-corrected chi connectivity index (χ2v) is 5.73. The first-order chi connectivity index (χ1) is 10.9. The van der Waals surface area contributed by atoms with Crippen LogP contribution in [0.15, 0.2) is 42.5 Å². The number of rotatable bonds is 2. The molecule has 1 N–H and O–H groups in total. The number of anilines is 2. The van der Waals surface area contributed by atoms with Crippen LogP contribution in [-0.4, -0.2) is 17.8 Å². The van der Waals surface area contributed by atoms with Crippen LogP contribution < -0.4 is 9.80 Å². The number of nitrogens with zero attached hydrogens (tertiary/aromatic N) is 2. The van der Waals surface area contributed by atoms with Gasteiger partial charge in [0.25, 0.3) is 0 Å². The van der Waals surface area contributed by atoms with Crippen molar-refractivity contribution in [3.05, 3.63) is 58.6 Å². The Labute approximate surface area is 138 Å². The highest BCUT2D eigenvalue weighted by Crippen LogP contribution is 2.32. The van der Waals surface area contributed by atoms with E-state index in [9.17, 15) is 9.59 Å². The van der Waals surface area contributed by atoms with Gasteiger partial charge >= 0.3 is 11.9 Å². The molecule has 3 rings (SSSR count). The maximum Gasteiger partial charge on any atom is 0.342 e. The van der Waals surface area contributed by atoms with Crippen LogP contribution in [-0.2, 0) is 4.79 Å². The predicted octanol–water partition coefficient (Wildman–Crippen LogP) is 3.91. The molecule has 0 saturated carbocycles.